The monoisotopic (exact) mass is 374 g/mol. The first-order chi connectivity index (χ1) is 12.8. The molecule has 0 aromatic rings. The van der Waals surface area contributed by atoms with E-state index >= 15 is 0 Å². The summed E-state index contributed by atoms with van der Waals surface area (Å²) < 4.78 is 0. The lowest BCUT2D eigenvalue weighted by Gasteiger charge is -2.59. The van der Waals surface area contributed by atoms with Crippen LogP contribution in [0.4, 0.5) is 0 Å². The Labute approximate surface area is 162 Å². The predicted octanol–water partition coefficient (Wildman–Crippen LogP) is 2.61. The van der Waals surface area contributed by atoms with Gasteiger partial charge in [-0.2, -0.15) is 0 Å². The minimum absolute atomic E-state index is 0.00476. The van der Waals surface area contributed by atoms with Crippen molar-refractivity contribution in [1.29, 1.82) is 0 Å². The standard InChI is InChI=1S/C22H34N2O3/c1-21-8-5-13(24-20(27)7-10-23)11-17(21)18(25)12-14-15-3-4-19(26)22(15,2)9-6-16(14)21/h13-17H,3-12,23H2,1-2H3,(H,24,27)/t13-,14-,15-,16-,17?,21+,22-/m0/s1. The number of rotatable bonds is 3. The maximum Gasteiger partial charge on any atom is 0.221 e. The third kappa shape index (κ3) is 2.88. The third-order valence-corrected chi connectivity index (χ3v) is 8.90. The van der Waals surface area contributed by atoms with Crippen LogP contribution in [0.25, 0.3) is 0 Å². The summed E-state index contributed by atoms with van der Waals surface area (Å²) >= 11 is 0. The molecule has 0 bridgehead atoms. The highest BCUT2D eigenvalue weighted by Crippen LogP contribution is 2.64. The summed E-state index contributed by atoms with van der Waals surface area (Å²) in [4.78, 5) is 37.7. The zero-order valence-corrected chi connectivity index (χ0v) is 16.8. The van der Waals surface area contributed by atoms with E-state index in [0.717, 1.165) is 38.5 Å². The molecule has 4 saturated carbocycles. The number of hydrogen-bond donors (Lipinski definition) is 2. The van der Waals surface area contributed by atoms with Crippen molar-refractivity contribution in [2.45, 2.75) is 77.7 Å². The molecule has 1 unspecified atom stereocenters. The fourth-order valence-corrected chi connectivity index (χ4v) is 7.37. The molecule has 0 aromatic heterocycles. The molecule has 4 rings (SSSR count). The summed E-state index contributed by atoms with van der Waals surface area (Å²) in [5.74, 6) is 2.18. The molecule has 5 nitrogen and oxygen atoms in total. The van der Waals surface area contributed by atoms with E-state index in [-0.39, 0.29) is 28.7 Å². The predicted molar refractivity (Wildman–Crippen MR) is 103 cm³/mol. The summed E-state index contributed by atoms with van der Waals surface area (Å²) in [6.45, 7) is 4.84. The van der Waals surface area contributed by atoms with Gasteiger partial charge in [0.2, 0.25) is 5.91 Å². The molecule has 5 heteroatoms. The molecular formula is C22H34N2O3. The van der Waals surface area contributed by atoms with Gasteiger partial charge in [0.15, 0.2) is 0 Å². The highest BCUT2D eigenvalue weighted by molar-refractivity contribution is 5.88. The van der Waals surface area contributed by atoms with Crippen LogP contribution in [0.2, 0.25) is 0 Å². The molecule has 4 aliphatic carbocycles. The maximum atomic E-state index is 13.2. The lowest BCUT2D eigenvalue weighted by atomic mass is 9.45. The number of fused-ring (bicyclic) bond motifs is 5. The van der Waals surface area contributed by atoms with Crippen LogP contribution in [0.1, 0.15) is 71.6 Å². The Morgan fingerprint density at radius 1 is 1.15 bits per heavy atom. The van der Waals surface area contributed by atoms with Gasteiger partial charge in [-0.25, -0.2) is 0 Å². The molecule has 150 valence electrons. The van der Waals surface area contributed by atoms with Crippen molar-refractivity contribution in [3.05, 3.63) is 0 Å². The highest BCUT2D eigenvalue weighted by atomic mass is 16.2. The van der Waals surface area contributed by atoms with Crippen molar-refractivity contribution in [3.8, 4) is 0 Å². The average Bonchev–Trinajstić information content (AvgIpc) is 2.92. The van der Waals surface area contributed by atoms with Crippen LogP contribution >= 0.6 is 0 Å². The van der Waals surface area contributed by atoms with Gasteiger partial charge in [-0.3, -0.25) is 14.4 Å². The number of Topliss-reactive ketones (excluding diaryl/α,β-unsaturated/α-hetero) is 2. The third-order valence-electron chi connectivity index (χ3n) is 8.90. The second-order valence-electron chi connectivity index (χ2n) is 10.1. The van der Waals surface area contributed by atoms with E-state index in [2.05, 4.69) is 19.2 Å². The Balaban J connectivity index is 1.53. The molecule has 27 heavy (non-hydrogen) atoms. The zero-order chi connectivity index (χ0) is 19.4. The number of nitrogens with one attached hydrogen (secondary N) is 1. The Morgan fingerprint density at radius 2 is 1.93 bits per heavy atom. The summed E-state index contributed by atoms with van der Waals surface area (Å²) in [6, 6.07) is 0.101. The Hall–Kier alpha value is -1.23. The van der Waals surface area contributed by atoms with E-state index in [1.807, 2.05) is 0 Å². The van der Waals surface area contributed by atoms with Crippen LogP contribution in [0.3, 0.4) is 0 Å². The van der Waals surface area contributed by atoms with Crippen LogP contribution in [0.15, 0.2) is 0 Å². The van der Waals surface area contributed by atoms with Gasteiger partial charge in [0.1, 0.15) is 11.6 Å². The molecule has 0 radical (unpaired) electrons. The minimum atomic E-state index is -0.182. The van der Waals surface area contributed by atoms with Crippen molar-refractivity contribution < 1.29 is 14.4 Å². The molecular weight excluding hydrogens is 340 g/mol. The minimum Gasteiger partial charge on any atom is -0.353 e. The van der Waals surface area contributed by atoms with Gasteiger partial charge in [-0.05, 0) is 61.7 Å². The lowest BCUT2D eigenvalue weighted by molar-refractivity contribution is -0.157. The van der Waals surface area contributed by atoms with Gasteiger partial charge in [-0.1, -0.05) is 13.8 Å². The van der Waals surface area contributed by atoms with Gasteiger partial charge in [0.05, 0.1) is 0 Å². The van der Waals surface area contributed by atoms with E-state index in [4.69, 9.17) is 5.73 Å². The molecule has 0 aliphatic heterocycles. The van der Waals surface area contributed by atoms with E-state index in [9.17, 15) is 14.4 Å². The highest BCUT2D eigenvalue weighted by Gasteiger charge is 2.62. The van der Waals surface area contributed by atoms with Gasteiger partial charge < -0.3 is 11.1 Å². The number of carbonyl (C=O) groups excluding carboxylic acids is 3. The van der Waals surface area contributed by atoms with Crippen molar-refractivity contribution >= 4 is 17.5 Å². The van der Waals surface area contributed by atoms with Crippen LogP contribution in [-0.4, -0.2) is 30.1 Å². The number of carbonyl (C=O) groups is 3. The first-order valence-corrected chi connectivity index (χ1v) is 10.8. The first-order valence-electron chi connectivity index (χ1n) is 10.8. The number of hydrogen-bond acceptors (Lipinski definition) is 4. The van der Waals surface area contributed by atoms with E-state index in [1.165, 1.54) is 0 Å². The second kappa shape index (κ2) is 6.68. The molecule has 0 spiro atoms. The smallest absolute Gasteiger partial charge is 0.221 e. The average molecular weight is 375 g/mol. The fourth-order valence-electron chi connectivity index (χ4n) is 7.37. The normalized spacial score (nSPS) is 46.4. The van der Waals surface area contributed by atoms with Crippen LogP contribution < -0.4 is 11.1 Å². The van der Waals surface area contributed by atoms with E-state index in [0.29, 0.717) is 55.1 Å². The molecule has 1 amide bonds. The quantitative estimate of drug-likeness (QED) is 0.795. The van der Waals surface area contributed by atoms with Gasteiger partial charge in [-0.15, -0.1) is 0 Å². The van der Waals surface area contributed by atoms with Crippen LogP contribution in [0, 0.1) is 34.5 Å². The SMILES string of the molecule is C[C@]12CC[C@H](NC(=O)CCN)CC1C(=O)C[C@@H]1[C@@H]2CC[C@]2(C)C(=O)CC[C@@H]12. The fraction of sp³-hybridized carbons (Fsp3) is 0.864. The molecule has 4 aliphatic rings. The Kier molecular flexibility index (Phi) is 4.73. The number of ketones is 2. The summed E-state index contributed by atoms with van der Waals surface area (Å²) in [6.07, 6.45) is 7.45. The molecule has 7 atom stereocenters. The number of nitrogens with two attached hydrogens (primary N) is 1. The van der Waals surface area contributed by atoms with Crippen LogP contribution in [0.5, 0.6) is 0 Å². The van der Waals surface area contributed by atoms with Crippen molar-refractivity contribution in [3.63, 3.8) is 0 Å². The molecule has 0 aromatic carbocycles. The van der Waals surface area contributed by atoms with E-state index < -0.39 is 0 Å². The van der Waals surface area contributed by atoms with Crippen molar-refractivity contribution in [2.75, 3.05) is 6.54 Å². The van der Waals surface area contributed by atoms with Gasteiger partial charge in [0, 0.05) is 43.2 Å². The number of amides is 1. The van der Waals surface area contributed by atoms with Crippen LogP contribution in [-0.2, 0) is 14.4 Å². The van der Waals surface area contributed by atoms with Crippen molar-refractivity contribution in [1.82, 2.24) is 5.32 Å². The maximum absolute atomic E-state index is 13.2. The van der Waals surface area contributed by atoms with Gasteiger partial charge >= 0.3 is 0 Å². The Bertz CT molecular complexity index is 662. The topological polar surface area (TPSA) is 89.3 Å². The summed E-state index contributed by atoms with van der Waals surface area (Å²) in [5.41, 5.74) is 5.33. The van der Waals surface area contributed by atoms with Crippen molar-refractivity contribution in [2.24, 2.45) is 40.2 Å². The lowest BCUT2D eigenvalue weighted by Crippen LogP contribution is -2.58. The van der Waals surface area contributed by atoms with Gasteiger partial charge in [0.25, 0.3) is 0 Å². The van der Waals surface area contributed by atoms with E-state index in [1.54, 1.807) is 0 Å². The zero-order valence-electron chi connectivity index (χ0n) is 16.8. The molecule has 3 N–H and O–H groups in total. The second-order valence-corrected chi connectivity index (χ2v) is 10.1. The first kappa shape index (κ1) is 19.1. The Morgan fingerprint density at radius 3 is 2.67 bits per heavy atom. The summed E-state index contributed by atoms with van der Waals surface area (Å²) in [7, 11) is 0. The molecule has 0 saturated heterocycles. The molecule has 4 fully saturated rings. The largest absolute Gasteiger partial charge is 0.353 e. The molecule has 0 heterocycles. The summed E-state index contributed by atoms with van der Waals surface area (Å²) in [5, 5.41) is 3.10.